The maximum Gasteiger partial charge on any atom is 0.244 e. The molecule has 0 aliphatic rings. The minimum absolute atomic E-state index is 0.113. The number of halogens is 2. The molecule has 4 nitrogen and oxygen atoms in total. The van der Waals surface area contributed by atoms with E-state index in [9.17, 15) is 12.8 Å². The second-order valence-electron chi connectivity index (χ2n) is 4.35. The van der Waals surface area contributed by atoms with Crippen LogP contribution in [0.1, 0.15) is 26.7 Å². The lowest BCUT2D eigenvalue weighted by Gasteiger charge is -2.31. The van der Waals surface area contributed by atoms with Crippen molar-refractivity contribution < 1.29 is 12.8 Å². The van der Waals surface area contributed by atoms with Crippen LogP contribution < -0.4 is 10.5 Å². The van der Waals surface area contributed by atoms with Gasteiger partial charge in [0.2, 0.25) is 10.0 Å². The Bertz CT molecular complexity index is 536. The van der Waals surface area contributed by atoms with Crippen LogP contribution in [0, 0.1) is 5.82 Å². The normalized spacial score (nSPS) is 12.7. The van der Waals surface area contributed by atoms with Crippen LogP contribution in [-0.4, -0.2) is 20.5 Å². The second-order valence-corrected chi connectivity index (χ2v) is 6.85. The monoisotopic (exact) mass is 352 g/mol. The molecule has 1 rings (SSSR count). The average molecular weight is 353 g/mol. The summed E-state index contributed by atoms with van der Waals surface area (Å²) in [7, 11) is -3.94. The van der Waals surface area contributed by atoms with Crippen molar-refractivity contribution in [3.8, 4) is 0 Å². The highest BCUT2D eigenvalue weighted by Gasteiger charge is 2.32. The molecule has 0 aromatic heterocycles. The fourth-order valence-corrected chi connectivity index (χ4v) is 3.91. The molecule has 7 heteroatoms. The van der Waals surface area contributed by atoms with Crippen molar-refractivity contribution in [2.45, 2.75) is 37.1 Å². The molecule has 0 radical (unpaired) electrons. The molecular formula is C12H18BrFN2O2S. The molecule has 0 saturated carbocycles. The summed E-state index contributed by atoms with van der Waals surface area (Å²) in [5.41, 5.74) is 4.91. The minimum atomic E-state index is -3.94. The van der Waals surface area contributed by atoms with Crippen LogP contribution in [0.4, 0.5) is 4.39 Å². The standard InChI is InChI=1S/C12H18BrFN2O2S/c1-3-12(4-2,8-15)16-19(17,18)10-7-5-6-9(13)11(10)14/h5-7,16H,3-4,8,15H2,1-2H3. The zero-order valence-corrected chi connectivity index (χ0v) is 13.3. The fourth-order valence-electron chi connectivity index (χ4n) is 1.76. The first-order chi connectivity index (χ1) is 8.82. The molecule has 1 aromatic carbocycles. The maximum absolute atomic E-state index is 13.9. The van der Waals surface area contributed by atoms with Gasteiger partial charge in [0.1, 0.15) is 4.90 Å². The Balaban J connectivity index is 3.22. The summed E-state index contributed by atoms with van der Waals surface area (Å²) in [6.45, 7) is 3.85. The Morgan fingerprint density at radius 2 is 1.95 bits per heavy atom. The SMILES string of the molecule is CCC(CC)(CN)NS(=O)(=O)c1cccc(Br)c1F. The third kappa shape index (κ3) is 3.53. The smallest absolute Gasteiger partial charge is 0.244 e. The molecule has 0 saturated heterocycles. The van der Waals surface area contributed by atoms with Gasteiger partial charge in [-0.3, -0.25) is 0 Å². The molecule has 0 spiro atoms. The molecule has 0 aliphatic heterocycles. The van der Waals surface area contributed by atoms with Crippen molar-refractivity contribution in [3.05, 3.63) is 28.5 Å². The number of benzene rings is 1. The van der Waals surface area contributed by atoms with Gasteiger partial charge in [-0.05, 0) is 40.9 Å². The minimum Gasteiger partial charge on any atom is -0.329 e. The molecule has 0 unspecified atom stereocenters. The predicted octanol–water partition coefficient (Wildman–Crippen LogP) is 2.38. The first-order valence-electron chi connectivity index (χ1n) is 6.00. The molecule has 0 heterocycles. The summed E-state index contributed by atoms with van der Waals surface area (Å²) >= 11 is 2.98. The molecular weight excluding hydrogens is 335 g/mol. The maximum atomic E-state index is 13.9. The van der Waals surface area contributed by atoms with Crippen molar-refractivity contribution in [1.82, 2.24) is 4.72 Å². The Kier molecular flexibility index (Phi) is 5.49. The highest BCUT2D eigenvalue weighted by atomic mass is 79.9. The summed E-state index contributed by atoms with van der Waals surface area (Å²) in [5, 5.41) is 0. The van der Waals surface area contributed by atoms with E-state index in [-0.39, 0.29) is 15.9 Å². The Labute approximate surface area is 121 Å². The zero-order chi connectivity index (χ0) is 14.7. The van der Waals surface area contributed by atoms with Gasteiger partial charge in [-0.15, -0.1) is 0 Å². The first kappa shape index (κ1) is 16.6. The van der Waals surface area contributed by atoms with Crippen molar-refractivity contribution in [3.63, 3.8) is 0 Å². The quantitative estimate of drug-likeness (QED) is 0.825. The number of rotatable bonds is 6. The van der Waals surface area contributed by atoms with Crippen LogP contribution in [0.3, 0.4) is 0 Å². The topological polar surface area (TPSA) is 72.2 Å². The van der Waals surface area contributed by atoms with E-state index >= 15 is 0 Å². The fraction of sp³-hybridized carbons (Fsp3) is 0.500. The van der Waals surface area contributed by atoms with E-state index in [4.69, 9.17) is 5.73 Å². The zero-order valence-electron chi connectivity index (χ0n) is 10.9. The lowest BCUT2D eigenvalue weighted by atomic mass is 9.95. The van der Waals surface area contributed by atoms with E-state index < -0.39 is 21.4 Å². The van der Waals surface area contributed by atoms with Crippen LogP contribution in [0.2, 0.25) is 0 Å². The second kappa shape index (κ2) is 6.30. The third-order valence-corrected chi connectivity index (χ3v) is 5.51. The number of nitrogens with one attached hydrogen (secondary N) is 1. The van der Waals surface area contributed by atoms with Gasteiger partial charge in [0.25, 0.3) is 0 Å². The van der Waals surface area contributed by atoms with Crippen LogP contribution in [-0.2, 0) is 10.0 Å². The molecule has 0 fully saturated rings. The first-order valence-corrected chi connectivity index (χ1v) is 8.27. The Hall–Kier alpha value is -0.500. The van der Waals surface area contributed by atoms with Gasteiger partial charge in [-0.1, -0.05) is 19.9 Å². The van der Waals surface area contributed by atoms with Gasteiger partial charge in [0.15, 0.2) is 5.82 Å². The van der Waals surface area contributed by atoms with Crippen LogP contribution in [0.15, 0.2) is 27.6 Å². The largest absolute Gasteiger partial charge is 0.329 e. The number of sulfonamides is 1. The van der Waals surface area contributed by atoms with Crippen molar-refractivity contribution in [2.24, 2.45) is 5.73 Å². The molecule has 3 N–H and O–H groups in total. The van der Waals surface area contributed by atoms with Gasteiger partial charge in [0.05, 0.1) is 4.47 Å². The number of hydrogen-bond donors (Lipinski definition) is 2. The molecule has 0 atom stereocenters. The Morgan fingerprint density at radius 1 is 1.37 bits per heavy atom. The number of hydrogen-bond acceptors (Lipinski definition) is 3. The van der Waals surface area contributed by atoms with E-state index in [1.807, 2.05) is 13.8 Å². The number of nitrogens with two attached hydrogens (primary N) is 1. The summed E-state index contributed by atoms with van der Waals surface area (Å²) in [4.78, 5) is -0.374. The van der Waals surface area contributed by atoms with Crippen molar-refractivity contribution in [1.29, 1.82) is 0 Å². The van der Waals surface area contributed by atoms with Gasteiger partial charge in [0, 0.05) is 12.1 Å². The van der Waals surface area contributed by atoms with E-state index in [1.165, 1.54) is 18.2 Å². The van der Waals surface area contributed by atoms with E-state index in [2.05, 4.69) is 20.7 Å². The predicted molar refractivity (Wildman–Crippen MR) is 76.8 cm³/mol. The molecule has 19 heavy (non-hydrogen) atoms. The van der Waals surface area contributed by atoms with E-state index in [0.29, 0.717) is 12.8 Å². The molecule has 108 valence electrons. The lowest BCUT2D eigenvalue weighted by molar-refractivity contribution is 0.362. The molecule has 0 bridgehead atoms. The van der Waals surface area contributed by atoms with Gasteiger partial charge < -0.3 is 5.73 Å². The summed E-state index contributed by atoms with van der Waals surface area (Å²) in [5.74, 6) is -0.798. The third-order valence-electron chi connectivity index (χ3n) is 3.30. The van der Waals surface area contributed by atoms with Crippen LogP contribution >= 0.6 is 15.9 Å². The van der Waals surface area contributed by atoms with E-state index in [0.717, 1.165) is 0 Å². The highest BCUT2D eigenvalue weighted by molar-refractivity contribution is 9.10. The summed E-state index contributed by atoms with van der Waals surface area (Å²) < 4.78 is 41.1. The van der Waals surface area contributed by atoms with Crippen molar-refractivity contribution in [2.75, 3.05) is 6.54 Å². The van der Waals surface area contributed by atoms with E-state index in [1.54, 1.807) is 0 Å². The summed E-state index contributed by atoms with van der Waals surface area (Å²) in [6, 6.07) is 4.16. The van der Waals surface area contributed by atoms with Crippen LogP contribution in [0.5, 0.6) is 0 Å². The molecule has 1 aromatic rings. The average Bonchev–Trinajstić information content (AvgIpc) is 2.39. The van der Waals surface area contributed by atoms with Gasteiger partial charge in [-0.2, -0.15) is 0 Å². The van der Waals surface area contributed by atoms with Gasteiger partial charge in [-0.25, -0.2) is 17.5 Å². The summed E-state index contributed by atoms with van der Waals surface area (Å²) in [6.07, 6.45) is 1.07. The van der Waals surface area contributed by atoms with Crippen molar-refractivity contribution >= 4 is 26.0 Å². The Morgan fingerprint density at radius 3 is 2.42 bits per heavy atom. The molecule has 0 aliphatic carbocycles. The lowest BCUT2D eigenvalue weighted by Crippen LogP contribution is -2.52. The highest BCUT2D eigenvalue weighted by Crippen LogP contribution is 2.24. The molecule has 0 amide bonds. The van der Waals surface area contributed by atoms with Gasteiger partial charge >= 0.3 is 0 Å². The van der Waals surface area contributed by atoms with Crippen LogP contribution in [0.25, 0.3) is 0 Å².